The summed E-state index contributed by atoms with van der Waals surface area (Å²) in [6.07, 6.45) is -1.21. The highest BCUT2D eigenvalue weighted by atomic mass is 35.6. The molecule has 0 aromatic rings. The van der Waals surface area contributed by atoms with E-state index in [1.54, 1.807) is 0 Å². The maximum Gasteiger partial charge on any atom is 0.426 e. The predicted octanol–water partition coefficient (Wildman–Crippen LogP) is 1.78. The molecule has 0 aliphatic rings. The maximum absolute atomic E-state index is 9.76. The lowest BCUT2D eigenvalue weighted by Crippen LogP contribution is -2.16. The van der Waals surface area contributed by atoms with E-state index >= 15 is 0 Å². The van der Waals surface area contributed by atoms with Crippen LogP contribution < -0.4 is 5.73 Å². The summed E-state index contributed by atoms with van der Waals surface area (Å²) in [4.78, 5) is 9.76. The van der Waals surface area contributed by atoms with Crippen molar-refractivity contribution in [2.24, 2.45) is 0 Å². The third-order valence-corrected chi connectivity index (χ3v) is 0.694. The first-order valence-corrected chi connectivity index (χ1v) is 3.00. The van der Waals surface area contributed by atoms with Crippen molar-refractivity contribution in [1.82, 2.24) is 5.73 Å². The van der Waals surface area contributed by atoms with E-state index in [0.717, 1.165) is 0 Å². The molecular weight excluding hydrogens is 188 g/mol. The maximum atomic E-state index is 9.76. The molecule has 0 bridgehead atoms. The first-order valence-electron chi connectivity index (χ1n) is 1.87. The highest BCUT2D eigenvalue weighted by molar-refractivity contribution is 6.67. The Bertz CT molecular complexity index is 110. The van der Waals surface area contributed by atoms with Crippen LogP contribution in [0.25, 0.3) is 0 Å². The van der Waals surface area contributed by atoms with Crippen LogP contribution in [0.4, 0.5) is 4.79 Å². The Morgan fingerprint density at radius 3 is 2.11 bits per heavy atom. The molecule has 0 spiro atoms. The molecule has 0 atom stereocenters. The van der Waals surface area contributed by atoms with Crippen molar-refractivity contribution in [3.8, 4) is 0 Å². The molecule has 0 unspecified atom stereocenters. The molecule has 0 aliphatic heterocycles. The summed E-state index contributed by atoms with van der Waals surface area (Å²) in [5.41, 5.74) is 6.22. The van der Waals surface area contributed by atoms with Crippen LogP contribution >= 0.6 is 34.8 Å². The van der Waals surface area contributed by atoms with E-state index in [-0.39, 0.29) is 6.61 Å². The van der Waals surface area contributed by atoms with Crippen LogP contribution in [-0.2, 0) is 4.74 Å². The molecule has 0 saturated heterocycles. The van der Waals surface area contributed by atoms with Gasteiger partial charge in [-0.2, -0.15) is 0 Å². The molecule has 53 valence electrons. The van der Waals surface area contributed by atoms with Gasteiger partial charge in [-0.3, -0.25) is 0 Å². The average Bonchev–Trinajstić information content (AvgIpc) is 1.59. The molecule has 0 saturated carbocycles. The monoisotopic (exact) mass is 190 g/mol. The van der Waals surface area contributed by atoms with Crippen LogP contribution in [0, 0.1) is 0 Å². The van der Waals surface area contributed by atoms with Crippen molar-refractivity contribution >= 4 is 40.9 Å². The molecule has 1 N–H and O–H groups in total. The van der Waals surface area contributed by atoms with Crippen molar-refractivity contribution in [2.75, 3.05) is 6.61 Å². The first kappa shape index (κ1) is 9.14. The van der Waals surface area contributed by atoms with Gasteiger partial charge in [0.15, 0.2) is 0 Å². The van der Waals surface area contributed by atoms with Gasteiger partial charge in [-0.05, 0) is 0 Å². The van der Waals surface area contributed by atoms with Gasteiger partial charge >= 0.3 is 6.09 Å². The van der Waals surface area contributed by atoms with Crippen LogP contribution in [0.5, 0.6) is 0 Å². The highest BCUT2D eigenvalue weighted by Crippen LogP contribution is 2.25. The van der Waals surface area contributed by atoms with Crippen LogP contribution in [0.15, 0.2) is 0 Å². The standard InChI is InChI=1S/C3H3Cl3NO2/c4-3(5,6)1-9-2(7)8/h7H,1H2. The summed E-state index contributed by atoms with van der Waals surface area (Å²) in [5.74, 6) is 0. The minimum Gasteiger partial charge on any atom is -0.444 e. The van der Waals surface area contributed by atoms with Gasteiger partial charge in [-0.1, -0.05) is 34.8 Å². The molecule has 0 rings (SSSR count). The highest BCUT2D eigenvalue weighted by Gasteiger charge is 2.21. The molecule has 0 heterocycles. The molecule has 0 aliphatic carbocycles. The topological polar surface area (TPSA) is 50.1 Å². The Morgan fingerprint density at radius 1 is 1.56 bits per heavy atom. The van der Waals surface area contributed by atoms with Crippen molar-refractivity contribution in [1.29, 1.82) is 0 Å². The summed E-state index contributed by atoms with van der Waals surface area (Å²) in [5, 5.41) is 0. The van der Waals surface area contributed by atoms with Gasteiger partial charge in [0.1, 0.15) is 6.61 Å². The van der Waals surface area contributed by atoms with E-state index in [1.807, 2.05) is 0 Å². The zero-order valence-corrected chi connectivity index (χ0v) is 6.43. The Morgan fingerprint density at radius 2 is 2.00 bits per heavy atom. The molecule has 0 aromatic heterocycles. The normalized spacial score (nSPS) is 11.0. The van der Waals surface area contributed by atoms with Crippen molar-refractivity contribution in [3.63, 3.8) is 0 Å². The van der Waals surface area contributed by atoms with Gasteiger partial charge < -0.3 is 4.74 Å². The quantitative estimate of drug-likeness (QED) is 0.593. The molecule has 3 nitrogen and oxygen atoms in total. The summed E-state index contributed by atoms with van der Waals surface area (Å²) in [6, 6.07) is 0. The average molecular weight is 191 g/mol. The fourth-order valence-electron chi connectivity index (χ4n) is 0.147. The largest absolute Gasteiger partial charge is 0.444 e. The third-order valence-electron chi connectivity index (χ3n) is 0.367. The van der Waals surface area contributed by atoms with Gasteiger partial charge in [0.2, 0.25) is 3.79 Å². The second-order valence-electron chi connectivity index (χ2n) is 1.19. The van der Waals surface area contributed by atoms with E-state index in [0.29, 0.717) is 0 Å². The summed E-state index contributed by atoms with van der Waals surface area (Å²) >= 11 is 15.4. The van der Waals surface area contributed by atoms with E-state index < -0.39 is 9.89 Å². The fraction of sp³-hybridized carbons (Fsp3) is 0.667. The van der Waals surface area contributed by atoms with Crippen molar-refractivity contribution < 1.29 is 9.53 Å². The summed E-state index contributed by atoms with van der Waals surface area (Å²) in [7, 11) is 0. The van der Waals surface area contributed by atoms with Gasteiger partial charge in [0.25, 0.3) is 0 Å². The minimum atomic E-state index is -1.61. The molecule has 0 fully saturated rings. The lowest BCUT2D eigenvalue weighted by molar-refractivity contribution is 0.157. The van der Waals surface area contributed by atoms with Crippen LogP contribution in [0.2, 0.25) is 0 Å². The zero-order valence-electron chi connectivity index (χ0n) is 4.16. The summed E-state index contributed by atoms with van der Waals surface area (Å²) < 4.78 is 2.42. The number of hydrogen-bond acceptors (Lipinski definition) is 2. The van der Waals surface area contributed by atoms with E-state index in [2.05, 4.69) is 4.74 Å². The SMILES string of the molecule is [NH]C(=O)OCC(Cl)(Cl)Cl. The molecular formula is C3H3Cl3NO2. The molecule has 6 heteroatoms. The molecule has 9 heavy (non-hydrogen) atoms. The Hall–Kier alpha value is 0.140. The molecule has 0 aromatic carbocycles. The Labute approximate surface area is 67.0 Å². The van der Waals surface area contributed by atoms with E-state index in [1.165, 1.54) is 0 Å². The van der Waals surface area contributed by atoms with E-state index in [4.69, 9.17) is 40.5 Å². The summed E-state index contributed by atoms with van der Waals surface area (Å²) in [6.45, 7) is -0.389. The minimum absolute atomic E-state index is 0.389. The number of nitrogens with one attached hydrogen (secondary N) is 1. The van der Waals surface area contributed by atoms with Gasteiger partial charge in [-0.25, -0.2) is 10.5 Å². The van der Waals surface area contributed by atoms with Gasteiger partial charge in [0.05, 0.1) is 0 Å². The number of carbonyl (C=O) groups excluding carboxylic acids is 1. The number of rotatable bonds is 1. The van der Waals surface area contributed by atoms with Crippen molar-refractivity contribution in [2.45, 2.75) is 3.79 Å². The Balaban J connectivity index is 3.39. The second-order valence-corrected chi connectivity index (χ2v) is 3.71. The predicted molar refractivity (Wildman–Crippen MR) is 34.7 cm³/mol. The lowest BCUT2D eigenvalue weighted by Gasteiger charge is -2.07. The van der Waals surface area contributed by atoms with Crippen LogP contribution in [0.3, 0.4) is 0 Å². The van der Waals surface area contributed by atoms with Crippen molar-refractivity contribution in [3.05, 3.63) is 0 Å². The number of alkyl halides is 3. The van der Waals surface area contributed by atoms with Gasteiger partial charge in [-0.15, -0.1) is 0 Å². The lowest BCUT2D eigenvalue weighted by atomic mass is 10.8. The third kappa shape index (κ3) is 8.14. The number of carbonyl (C=O) groups is 1. The number of hydrogen-bond donors (Lipinski definition) is 0. The number of halogens is 3. The molecule has 1 radical (unpaired) electrons. The second kappa shape index (κ2) is 3.34. The first-order chi connectivity index (χ1) is 3.92. The number of amides is 1. The van der Waals surface area contributed by atoms with E-state index in [9.17, 15) is 4.79 Å². The fourth-order valence-corrected chi connectivity index (χ4v) is 0.311. The van der Waals surface area contributed by atoms with Crippen LogP contribution in [-0.4, -0.2) is 16.5 Å². The van der Waals surface area contributed by atoms with Crippen LogP contribution in [0.1, 0.15) is 0 Å². The van der Waals surface area contributed by atoms with Gasteiger partial charge in [0, 0.05) is 0 Å². The zero-order chi connectivity index (χ0) is 7.49. The smallest absolute Gasteiger partial charge is 0.426 e. The molecule has 1 amide bonds. The number of ether oxygens (including phenoxy) is 1. The Kier molecular flexibility index (Phi) is 3.40.